The highest BCUT2D eigenvalue weighted by Gasteiger charge is 2.53. The number of rotatable bonds is 3. The van der Waals surface area contributed by atoms with E-state index in [-0.39, 0.29) is 21.2 Å². The predicted molar refractivity (Wildman–Crippen MR) is 91.0 cm³/mol. The lowest BCUT2D eigenvalue weighted by molar-refractivity contribution is -0.142. The Labute approximate surface area is 134 Å². The van der Waals surface area contributed by atoms with Crippen molar-refractivity contribution in [2.45, 2.75) is 94.2 Å². The van der Waals surface area contributed by atoms with Crippen molar-refractivity contribution in [3.63, 3.8) is 0 Å². The Balaban J connectivity index is 2.06. The van der Waals surface area contributed by atoms with Crippen LogP contribution in [0.2, 0.25) is 18.1 Å². The third kappa shape index (κ3) is 3.67. The Bertz CT molecular complexity index is 405. The first-order valence-electron chi connectivity index (χ1n) is 8.09. The number of hydrogen-bond donors (Lipinski definition) is 0. The van der Waals surface area contributed by atoms with Crippen LogP contribution in [-0.2, 0) is 14.0 Å². The van der Waals surface area contributed by atoms with Crippen LogP contribution in [0.25, 0.3) is 0 Å². The van der Waals surface area contributed by atoms with Crippen LogP contribution >= 0.6 is 11.8 Å². The SMILES string of the molecule is CC(=O)O[C@H]1CC[C@@]2(CCC[C@H]2O[Si](C)(C)C(C)(C)C)S1. The number of ether oxygens (including phenoxy) is 1. The molecular formula is C16H30O3SSi. The summed E-state index contributed by atoms with van der Waals surface area (Å²) in [7, 11) is -1.74. The molecule has 0 aromatic rings. The van der Waals surface area contributed by atoms with Crippen molar-refractivity contribution in [1.29, 1.82) is 0 Å². The van der Waals surface area contributed by atoms with Crippen LogP contribution < -0.4 is 0 Å². The smallest absolute Gasteiger partial charge is 0.303 e. The summed E-state index contributed by atoms with van der Waals surface area (Å²) < 4.78 is 12.3. The molecule has 1 saturated carbocycles. The number of carbonyl (C=O) groups is 1. The molecule has 1 saturated heterocycles. The van der Waals surface area contributed by atoms with E-state index in [9.17, 15) is 4.79 Å². The lowest BCUT2D eigenvalue weighted by Gasteiger charge is -2.42. The summed E-state index contributed by atoms with van der Waals surface area (Å²) in [6, 6.07) is 0. The molecule has 0 radical (unpaired) electrons. The van der Waals surface area contributed by atoms with Crippen LogP contribution in [0.15, 0.2) is 0 Å². The van der Waals surface area contributed by atoms with E-state index in [1.165, 1.54) is 19.8 Å². The van der Waals surface area contributed by atoms with Crippen LogP contribution in [0.1, 0.15) is 59.8 Å². The fraction of sp³-hybridized carbons (Fsp3) is 0.938. The van der Waals surface area contributed by atoms with Gasteiger partial charge in [0.2, 0.25) is 0 Å². The summed E-state index contributed by atoms with van der Waals surface area (Å²) in [4.78, 5) is 11.2. The summed E-state index contributed by atoms with van der Waals surface area (Å²) in [5, 5.41) is 0.245. The van der Waals surface area contributed by atoms with Gasteiger partial charge in [0.1, 0.15) is 5.44 Å². The van der Waals surface area contributed by atoms with E-state index < -0.39 is 8.32 Å². The van der Waals surface area contributed by atoms with E-state index >= 15 is 0 Å². The molecule has 0 N–H and O–H groups in total. The molecule has 3 nitrogen and oxygen atoms in total. The molecule has 0 bridgehead atoms. The number of esters is 1. The van der Waals surface area contributed by atoms with Gasteiger partial charge < -0.3 is 9.16 Å². The van der Waals surface area contributed by atoms with E-state index in [1.807, 2.05) is 11.8 Å². The lowest BCUT2D eigenvalue weighted by Crippen LogP contribution is -2.48. The Morgan fingerprint density at radius 3 is 2.48 bits per heavy atom. The van der Waals surface area contributed by atoms with Gasteiger partial charge in [-0.05, 0) is 50.2 Å². The minimum absolute atomic E-state index is 0.0334. The molecule has 1 spiro atoms. The molecule has 3 atom stereocenters. The molecule has 0 aromatic carbocycles. The molecule has 1 aliphatic heterocycles. The van der Waals surface area contributed by atoms with E-state index in [0.717, 1.165) is 19.3 Å². The number of hydrogen-bond acceptors (Lipinski definition) is 4. The second-order valence-corrected chi connectivity index (χ2v) is 14.4. The summed E-state index contributed by atoms with van der Waals surface area (Å²) in [6.45, 7) is 13.1. The molecule has 1 aliphatic carbocycles. The van der Waals surface area contributed by atoms with Crippen molar-refractivity contribution in [1.82, 2.24) is 0 Å². The third-order valence-corrected chi connectivity index (χ3v) is 11.6. The first-order chi connectivity index (χ1) is 9.56. The summed E-state index contributed by atoms with van der Waals surface area (Å²) in [5.74, 6) is -0.163. The van der Waals surface area contributed by atoms with Crippen molar-refractivity contribution in [3.05, 3.63) is 0 Å². The highest BCUT2D eigenvalue weighted by molar-refractivity contribution is 8.01. The fourth-order valence-corrected chi connectivity index (χ4v) is 6.39. The van der Waals surface area contributed by atoms with Gasteiger partial charge in [-0.3, -0.25) is 4.79 Å². The van der Waals surface area contributed by atoms with Crippen molar-refractivity contribution in [2.75, 3.05) is 0 Å². The Hall–Kier alpha value is -0.00312. The first kappa shape index (κ1) is 17.4. The molecule has 0 aromatic heterocycles. The zero-order chi connectivity index (χ0) is 15.9. The molecule has 2 fully saturated rings. The molecule has 2 aliphatic rings. The molecule has 122 valence electrons. The Morgan fingerprint density at radius 1 is 1.24 bits per heavy atom. The molecule has 0 amide bonds. The molecular weight excluding hydrogens is 300 g/mol. The second-order valence-electron chi connectivity index (χ2n) is 8.02. The fourth-order valence-electron chi connectivity index (χ4n) is 3.14. The quantitative estimate of drug-likeness (QED) is 0.554. The van der Waals surface area contributed by atoms with E-state index in [1.54, 1.807) is 0 Å². The van der Waals surface area contributed by atoms with Gasteiger partial charge >= 0.3 is 5.97 Å². The van der Waals surface area contributed by atoms with Crippen LogP contribution in [0.3, 0.4) is 0 Å². The average Bonchev–Trinajstić information content (AvgIpc) is 2.86. The van der Waals surface area contributed by atoms with Gasteiger partial charge in [-0.2, -0.15) is 0 Å². The Kier molecular flexibility index (Phi) is 4.87. The molecule has 21 heavy (non-hydrogen) atoms. The van der Waals surface area contributed by atoms with Crippen LogP contribution in [0.4, 0.5) is 0 Å². The van der Waals surface area contributed by atoms with Crippen molar-refractivity contribution in [2.24, 2.45) is 0 Å². The van der Waals surface area contributed by atoms with Crippen LogP contribution in [0.5, 0.6) is 0 Å². The standard InChI is InChI=1S/C16H30O3SSi/c1-12(17)18-14-9-11-16(20-14)10-7-8-13(16)19-21(5,6)15(2,3)4/h13-14H,7-11H2,1-6H3/t13-,14-,16-/m1/s1. The van der Waals surface area contributed by atoms with E-state index in [2.05, 4.69) is 33.9 Å². The summed E-state index contributed by atoms with van der Waals surface area (Å²) in [6.07, 6.45) is 6.03. The normalized spacial score (nSPS) is 33.6. The monoisotopic (exact) mass is 330 g/mol. The summed E-state index contributed by atoms with van der Waals surface area (Å²) in [5.41, 5.74) is 0.0334. The van der Waals surface area contributed by atoms with Gasteiger partial charge in [0, 0.05) is 11.7 Å². The van der Waals surface area contributed by atoms with Gasteiger partial charge in [-0.15, -0.1) is 11.8 Å². The highest BCUT2D eigenvalue weighted by atomic mass is 32.2. The van der Waals surface area contributed by atoms with Crippen molar-refractivity contribution < 1.29 is 14.0 Å². The molecule has 1 heterocycles. The average molecular weight is 331 g/mol. The minimum Gasteiger partial charge on any atom is -0.451 e. The zero-order valence-electron chi connectivity index (χ0n) is 14.3. The first-order valence-corrected chi connectivity index (χ1v) is 11.9. The molecule has 5 heteroatoms. The van der Waals surface area contributed by atoms with Gasteiger partial charge in [0.15, 0.2) is 8.32 Å². The van der Waals surface area contributed by atoms with Gasteiger partial charge in [0.25, 0.3) is 0 Å². The van der Waals surface area contributed by atoms with Crippen LogP contribution in [0, 0.1) is 0 Å². The largest absolute Gasteiger partial charge is 0.451 e. The maximum Gasteiger partial charge on any atom is 0.303 e. The third-order valence-electron chi connectivity index (χ3n) is 5.36. The highest BCUT2D eigenvalue weighted by Crippen LogP contribution is 2.55. The van der Waals surface area contributed by atoms with Gasteiger partial charge in [0.05, 0.1) is 6.10 Å². The summed E-state index contributed by atoms with van der Waals surface area (Å²) >= 11 is 1.86. The van der Waals surface area contributed by atoms with Crippen LogP contribution in [-0.4, -0.2) is 30.6 Å². The van der Waals surface area contributed by atoms with Crippen molar-refractivity contribution >= 4 is 26.0 Å². The van der Waals surface area contributed by atoms with Gasteiger partial charge in [-0.25, -0.2) is 0 Å². The maximum atomic E-state index is 11.2. The predicted octanol–water partition coefficient (Wildman–Crippen LogP) is 4.72. The second kappa shape index (κ2) is 5.89. The number of carbonyl (C=O) groups excluding carboxylic acids is 1. The molecule has 2 rings (SSSR count). The van der Waals surface area contributed by atoms with Crippen molar-refractivity contribution in [3.8, 4) is 0 Å². The number of thioether (sulfide) groups is 1. The minimum atomic E-state index is -1.74. The zero-order valence-corrected chi connectivity index (χ0v) is 16.1. The topological polar surface area (TPSA) is 35.5 Å². The lowest BCUT2D eigenvalue weighted by atomic mass is 9.99. The Morgan fingerprint density at radius 2 is 1.90 bits per heavy atom. The van der Waals surface area contributed by atoms with E-state index in [0.29, 0.717) is 6.10 Å². The van der Waals surface area contributed by atoms with Gasteiger partial charge in [-0.1, -0.05) is 20.8 Å². The van der Waals surface area contributed by atoms with E-state index in [4.69, 9.17) is 9.16 Å². The molecule has 0 unspecified atom stereocenters. The maximum absolute atomic E-state index is 11.2.